The Morgan fingerprint density at radius 3 is 2.95 bits per heavy atom. The molecule has 1 saturated heterocycles. The molecule has 1 fully saturated rings. The summed E-state index contributed by atoms with van der Waals surface area (Å²) in [4.78, 5) is 13.5. The molecular weight excluding hydrogens is 262 g/mol. The quantitative estimate of drug-likeness (QED) is 0.777. The Labute approximate surface area is 119 Å². The van der Waals surface area contributed by atoms with Crippen molar-refractivity contribution in [2.24, 2.45) is 5.41 Å². The summed E-state index contributed by atoms with van der Waals surface area (Å²) in [5.41, 5.74) is 0.816. The van der Waals surface area contributed by atoms with Gasteiger partial charge in [-0.05, 0) is 38.1 Å². The molecule has 0 amide bonds. The van der Waals surface area contributed by atoms with E-state index >= 15 is 0 Å². The summed E-state index contributed by atoms with van der Waals surface area (Å²) in [7, 11) is 2.04. The van der Waals surface area contributed by atoms with Gasteiger partial charge in [0.15, 0.2) is 0 Å². The molecule has 1 heterocycles. The SMILES string of the molecule is CC(c1cccc(Cl)c1)N(C)CC1(C=O)CCOC1. The van der Waals surface area contributed by atoms with Gasteiger partial charge in [-0.3, -0.25) is 4.90 Å². The first-order chi connectivity index (χ1) is 9.06. The first-order valence-corrected chi connectivity index (χ1v) is 6.94. The zero-order valence-electron chi connectivity index (χ0n) is 11.4. The average Bonchev–Trinajstić information content (AvgIpc) is 2.87. The van der Waals surface area contributed by atoms with Crippen LogP contribution in [-0.4, -0.2) is 38.0 Å². The van der Waals surface area contributed by atoms with E-state index in [0.29, 0.717) is 19.8 Å². The summed E-state index contributed by atoms with van der Waals surface area (Å²) >= 11 is 6.02. The minimum atomic E-state index is -0.346. The van der Waals surface area contributed by atoms with Crippen LogP contribution in [0.15, 0.2) is 24.3 Å². The number of carbonyl (C=O) groups excluding carboxylic acids is 1. The third-order valence-corrected chi connectivity index (χ3v) is 4.18. The smallest absolute Gasteiger partial charge is 0.129 e. The van der Waals surface area contributed by atoms with Crippen molar-refractivity contribution in [3.63, 3.8) is 0 Å². The van der Waals surface area contributed by atoms with E-state index in [1.165, 1.54) is 0 Å². The number of hydrogen-bond acceptors (Lipinski definition) is 3. The van der Waals surface area contributed by atoms with Crippen molar-refractivity contribution in [1.29, 1.82) is 0 Å². The van der Waals surface area contributed by atoms with Gasteiger partial charge in [-0.1, -0.05) is 23.7 Å². The first kappa shape index (κ1) is 14.5. The van der Waals surface area contributed by atoms with Gasteiger partial charge in [0.05, 0.1) is 12.0 Å². The van der Waals surface area contributed by atoms with Gasteiger partial charge in [-0.15, -0.1) is 0 Å². The second kappa shape index (κ2) is 6.04. The molecule has 0 N–H and O–H groups in total. The van der Waals surface area contributed by atoms with E-state index in [-0.39, 0.29) is 11.5 Å². The molecule has 1 aliphatic heterocycles. The topological polar surface area (TPSA) is 29.5 Å². The van der Waals surface area contributed by atoms with Crippen LogP contribution in [-0.2, 0) is 9.53 Å². The van der Waals surface area contributed by atoms with E-state index in [4.69, 9.17) is 16.3 Å². The predicted molar refractivity (Wildman–Crippen MR) is 76.4 cm³/mol. The van der Waals surface area contributed by atoms with E-state index in [9.17, 15) is 4.79 Å². The van der Waals surface area contributed by atoms with Crippen molar-refractivity contribution in [3.05, 3.63) is 34.9 Å². The van der Waals surface area contributed by atoms with Gasteiger partial charge < -0.3 is 9.53 Å². The Kier molecular flexibility index (Phi) is 4.61. The Morgan fingerprint density at radius 2 is 2.37 bits per heavy atom. The average molecular weight is 282 g/mol. The molecule has 2 rings (SSSR count). The lowest BCUT2D eigenvalue weighted by Gasteiger charge is -2.32. The maximum Gasteiger partial charge on any atom is 0.129 e. The number of nitrogens with zero attached hydrogens (tertiary/aromatic N) is 1. The monoisotopic (exact) mass is 281 g/mol. The Hall–Kier alpha value is -0.900. The van der Waals surface area contributed by atoms with Crippen LogP contribution in [0.25, 0.3) is 0 Å². The van der Waals surface area contributed by atoms with Crippen LogP contribution < -0.4 is 0 Å². The fourth-order valence-corrected chi connectivity index (χ4v) is 2.73. The van der Waals surface area contributed by atoms with E-state index in [1.807, 2.05) is 25.2 Å². The number of ether oxygens (including phenoxy) is 1. The van der Waals surface area contributed by atoms with Crippen LogP contribution in [0.4, 0.5) is 0 Å². The molecule has 2 atom stereocenters. The molecule has 3 nitrogen and oxygen atoms in total. The molecule has 1 aliphatic rings. The van der Waals surface area contributed by atoms with Crippen molar-refractivity contribution in [2.45, 2.75) is 19.4 Å². The number of carbonyl (C=O) groups is 1. The van der Waals surface area contributed by atoms with Crippen molar-refractivity contribution in [1.82, 2.24) is 4.90 Å². The summed E-state index contributed by atoms with van der Waals surface area (Å²) in [6, 6.07) is 8.08. The Balaban J connectivity index is 2.06. The lowest BCUT2D eigenvalue weighted by molar-refractivity contribution is -0.117. The fourth-order valence-electron chi connectivity index (χ4n) is 2.53. The highest BCUT2D eigenvalue weighted by atomic mass is 35.5. The summed E-state index contributed by atoms with van der Waals surface area (Å²) in [6.07, 6.45) is 1.87. The third kappa shape index (κ3) is 3.35. The van der Waals surface area contributed by atoms with Gasteiger partial charge in [0.1, 0.15) is 6.29 Å². The zero-order chi connectivity index (χ0) is 13.9. The molecule has 0 spiro atoms. The van der Waals surface area contributed by atoms with Gasteiger partial charge in [0.2, 0.25) is 0 Å². The molecule has 0 aromatic heterocycles. The molecule has 0 radical (unpaired) electrons. The highest BCUT2D eigenvalue weighted by molar-refractivity contribution is 6.30. The van der Waals surface area contributed by atoms with Crippen molar-refractivity contribution >= 4 is 17.9 Å². The minimum absolute atomic E-state index is 0.219. The van der Waals surface area contributed by atoms with Gasteiger partial charge in [-0.25, -0.2) is 0 Å². The summed E-state index contributed by atoms with van der Waals surface area (Å²) in [5, 5.41) is 0.743. The standard InChI is InChI=1S/C15H20ClNO2/c1-12(13-4-3-5-14(16)8-13)17(2)9-15(10-18)6-7-19-11-15/h3-5,8,10,12H,6-7,9,11H2,1-2H3. The Bertz CT molecular complexity index is 444. The molecule has 1 aromatic carbocycles. The molecule has 4 heteroatoms. The van der Waals surface area contributed by atoms with Gasteiger partial charge in [0.25, 0.3) is 0 Å². The second-order valence-electron chi connectivity index (χ2n) is 5.43. The van der Waals surface area contributed by atoms with Crippen LogP contribution in [0.2, 0.25) is 5.02 Å². The molecule has 104 valence electrons. The highest BCUT2D eigenvalue weighted by Gasteiger charge is 2.36. The molecule has 0 aliphatic carbocycles. The number of halogens is 1. The Morgan fingerprint density at radius 1 is 1.58 bits per heavy atom. The lowest BCUT2D eigenvalue weighted by atomic mass is 9.88. The van der Waals surface area contributed by atoms with Crippen molar-refractivity contribution < 1.29 is 9.53 Å². The maximum absolute atomic E-state index is 11.4. The normalized spacial score (nSPS) is 24.6. The van der Waals surface area contributed by atoms with E-state index < -0.39 is 0 Å². The number of rotatable bonds is 5. The van der Waals surface area contributed by atoms with Crippen molar-refractivity contribution in [3.8, 4) is 0 Å². The second-order valence-corrected chi connectivity index (χ2v) is 5.87. The summed E-state index contributed by atoms with van der Waals surface area (Å²) < 4.78 is 5.38. The van der Waals surface area contributed by atoms with Crippen molar-refractivity contribution in [2.75, 3.05) is 26.8 Å². The molecule has 0 saturated carbocycles. The van der Waals surface area contributed by atoms with Crippen LogP contribution >= 0.6 is 11.6 Å². The van der Waals surface area contributed by atoms with Crippen LogP contribution in [0.5, 0.6) is 0 Å². The fraction of sp³-hybridized carbons (Fsp3) is 0.533. The van der Waals surface area contributed by atoms with Gasteiger partial charge in [-0.2, -0.15) is 0 Å². The largest absolute Gasteiger partial charge is 0.380 e. The highest BCUT2D eigenvalue weighted by Crippen LogP contribution is 2.30. The predicted octanol–water partition coefficient (Wildman–Crippen LogP) is 2.94. The number of hydrogen-bond donors (Lipinski definition) is 0. The van der Waals surface area contributed by atoms with Crippen LogP contribution in [0.1, 0.15) is 24.9 Å². The van der Waals surface area contributed by atoms with Crippen LogP contribution in [0, 0.1) is 5.41 Å². The lowest BCUT2D eigenvalue weighted by Crippen LogP contribution is -2.38. The van der Waals surface area contributed by atoms with E-state index in [0.717, 1.165) is 23.3 Å². The first-order valence-electron chi connectivity index (χ1n) is 6.56. The van der Waals surface area contributed by atoms with Crippen LogP contribution in [0.3, 0.4) is 0 Å². The summed E-state index contributed by atoms with van der Waals surface area (Å²) in [5.74, 6) is 0. The van der Waals surface area contributed by atoms with Gasteiger partial charge in [0, 0.05) is 24.2 Å². The van der Waals surface area contributed by atoms with E-state index in [1.54, 1.807) is 0 Å². The third-order valence-electron chi connectivity index (χ3n) is 3.94. The molecule has 2 unspecified atom stereocenters. The number of benzene rings is 1. The zero-order valence-corrected chi connectivity index (χ0v) is 12.2. The molecule has 19 heavy (non-hydrogen) atoms. The summed E-state index contributed by atoms with van der Waals surface area (Å²) in [6.45, 7) is 4.05. The maximum atomic E-state index is 11.4. The molecule has 0 bridgehead atoms. The molecular formula is C15H20ClNO2. The van der Waals surface area contributed by atoms with E-state index in [2.05, 4.69) is 17.9 Å². The minimum Gasteiger partial charge on any atom is -0.380 e. The number of aldehydes is 1. The van der Waals surface area contributed by atoms with Gasteiger partial charge >= 0.3 is 0 Å². The molecule has 1 aromatic rings.